The minimum atomic E-state index is -3.58. The molecule has 0 unspecified atom stereocenters. The number of aromatic nitrogens is 1. The van der Waals surface area contributed by atoms with E-state index in [1.807, 2.05) is 0 Å². The molecule has 1 heterocycles. The number of unbranched alkanes of at least 4 members (excludes halogenated alkanes) is 1. The SMILES string of the molecule is CCCCOCCCNS(=O)(=O)c1cccnc1N. The van der Waals surface area contributed by atoms with E-state index in [2.05, 4.69) is 16.6 Å². The first-order valence-corrected chi connectivity index (χ1v) is 7.84. The van der Waals surface area contributed by atoms with Crippen LogP contribution in [0.3, 0.4) is 0 Å². The van der Waals surface area contributed by atoms with Gasteiger partial charge in [0, 0.05) is 26.0 Å². The number of anilines is 1. The zero-order valence-electron chi connectivity index (χ0n) is 11.1. The molecule has 0 saturated carbocycles. The summed E-state index contributed by atoms with van der Waals surface area (Å²) in [5.74, 6) is 0.00851. The fraction of sp³-hybridized carbons (Fsp3) is 0.583. The van der Waals surface area contributed by atoms with Crippen molar-refractivity contribution >= 4 is 15.8 Å². The molecule has 0 atom stereocenters. The average molecular weight is 287 g/mol. The van der Waals surface area contributed by atoms with Crippen molar-refractivity contribution in [3.8, 4) is 0 Å². The topological polar surface area (TPSA) is 94.3 Å². The van der Waals surface area contributed by atoms with Crippen molar-refractivity contribution in [1.29, 1.82) is 0 Å². The Balaban J connectivity index is 2.34. The highest BCUT2D eigenvalue weighted by Crippen LogP contribution is 2.13. The Hall–Kier alpha value is -1.18. The monoisotopic (exact) mass is 287 g/mol. The van der Waals surface area contributed by atoms with Crippen molar-refractivity contribution < 1.29 is 13.2 Å². The Morgan fingerprint density at radius 2 is 2.11 bits per heavy atom. The van der Waals surface area contributed by atoms with Gasteiger partial charge in [0.25, 0.3) is 0 Å². The lowest BCUT2D eigenvalue weighted by atomic mass is 10.4. The van der Waals surface area contributed by atoms with Gasteiger partial charge in [-0.25, -0.2) is 18.1 Å². The van der Waals surface area contributed by atoms with E-state index in [1.54, 1.807) is 6.07 Å². The van der Waals surface area contributed by atoms with Gasteiger partial charge in [0.1, 0.15) is 10.7 Å². The lowest BCUT2D eigenvalue weighted by Gasteiger charge is -2.08. The molecule has 0 spiro atoms. The Labute approximate surface area is 114 Å². The molecule has 3 N–H and O–H groups in total. The van der Waals surface area contributed by atoms with Gasteiger partial charge in [-0.05, 0) is 25.0 Å². The fourth-order valence-corrected chi connectivity index (χ4v) is 2.59. The fourth-order valence-electron chi connectivity index (χ4n) is 1.44. The molecular weight excluding hydrogens is 266 g/mol. The summed E-state index contributed by atoms with van der Waals surface area (Å²) in [5.41, 5.74) is 5.54. The number of ether oxygens (including phenoxy) is 1. The second-order valence-corrected chi connectivity index (χ2v) is 5.84. The second-order valence-electron chi connectivity index (χ2n) is 4.10. The van der Waals surface area contributed by atoms with Crippen LogP contribution in [0.4, 0.5) is 5.82 Å². The van der Waals surface area contributed by atoms with E-state index in [1.165, 1.54) is 12.3 Å². The van der Waals surface area contributed by atoms with Crippen LogP contribution < -0.4 is 10.5 Å². The van der Waals surface area contributed by atoms with Gasteiger partial charge in [-0.15, -0.1) is 0 Å². The van der Waals surface area contributed by atoms with Gasteiger partial charge in [-0.1, -0.05) is 13.3 Å². The van der Waals surface area contributed by atoms with Crippen LogP contribution in [-0.2, 0) is 14.8 Å². The molecule has 108 valence electrons. The zero-order valence-corrected chi connectivity index (χ0v) is 11.9. The van der Waals surface area contributed by atoms with Crippen LogP contribution in [0.5, 0.6) is 0 Å². The molecule has 0 bridgehead atoms. The number of hydrogen-bond donors (Lipinski definition) is 2. The molecule has 0 amide bonds. The summed E-state index contributed by atoms with van der Waals surface area (Å²) in [6.07, 6.45) is 4.20. The third-order valence-corrected chi connectivity index (χ3v) is 4.00. The molecule has 6 nitrogen and oxygen atoms in total. The molecule has 1 aromatic rings. The number of nitrogens with one attached hydrogen (secondary N) is 1. The minimum absolute atomic E-state index is 0.00851. The maximum Gasteiger partial charge on any atom is 0.244 e. The lowest BCUT2D eigenvalue weighted by Crippen LogP contribution is -2.26. The molecular formula is C12H21N3O3S. The Kier molecular flexibility index (Phi) is 6.75. The van der Waals surface area contributed by atoms with E-state index in [4.69, 9.17) is 10.5 Å². The summed E-state index contributed by atoms with van der Waals surface area (Å²) in [7, 11) is -3.58. The second kappa shape index (κ2) is 8.08. The maximum absolute atomic E-state index is 11.9. The van der Waals surface area contributed by atoms with Gasteiger partial charge in [0.2, 0.25) is 10.0 Å². The third kappa shape index (κ3) is 5.54. The number of sulfonamides is 1. The van der Waals surface area contributed by atoms with Crippen LogP contribution in [0.25, 0.3) is 0 Å². The third-order valence-electron chi connectivity index (χ3n) is 2.49. The molecule has 19 heavy (non-hydrogen) atoms. The summed E-state index contributed by atoms with van der Waals surface area (Å²) >= 11 is 0. The molecule has 0 aliphatic rings. The van der Waals surface area contributed by atoms with Gasteiger partial charge >= 0.3 is 0 Å². The van der Waals surface area contributed by atoms with Crippen LogP contribution in [0.2, 0.25) is 0 Å². The van der Waals surface area contributed by atoms with Gasteiger partial charge in [0.15, 0.2) is 0 Å². The molecule has 0 aromatic carbocycles. The highest BCUT2D eigenvalue weighted by molar-refractivity contribution is 7.89. The summed E-state index contributed by atoms with van der Waals surface area (Å²) in [6, 6.07) is 2.97. The highest BCUT2D eigenvalue weighted by Gasteiger charge is 2.16. The van der Waals surface area contributed by atoms with Crippen molar-refractivity contribution in [2.24, 2.45) is 0 Å². The molecule has 7 heteroatoms. The van der Waals surface area contributed by atoms with Crippen molar-refractivity contribution in [3.05, 3.63) is 18.3 Å². The van der Waals surface area contributed by atoms with E-state index in [0.717, 1.165) is 19.4 Å². The molecule has 0 radical (unpaired) electrons. The minimum Gasteiger partial charge on any atom is -0.383 e. The van der Waals surface area contributed by atoms with Gasteiger partial charge < -0.3 is 10.5 Å². The molecule has 1 rings (SSSR count). The van der Waals surface area contributed by atoms with Crippen molar-refractivity contribution in [2.45, 2.75) is 31.1 Å². The quantitative estimate of drug-likeness (QED) is 0.664. The first-order chi connectivity index (χ1) is 9.08. The van der Waals surface area contributed by atoms with E-state index in [-0.39, 0.29) is 10.7 Å². The molecule has 0 saturated heterocycles. The Morgan fingerprint density at radius 1 is 1.37 bits per heavy atom. The van der Waals surface area contributed by atoms with Crippen LogP contribution >= 0.6 is 0 Å². The summed E-state index contributed by atoms with van der Waals surface area (Å²) in [6.45, 7) is 3.68. The predicted octanol–water partition coefficient (Wildman–Crippen LogP) is 1.15. The first-order valence-electron chi connectivity index (χ1n) is 6.36. The van der Waals surface area contributed by atoms with E-state index < -0.39 is 10.0 Å². The molecule has 1 aromatic heterocycles. The van der Waals surface area contributed by atoms with Crippen LogP contribution in [0, 0.1) is 0 Å². The van der Waals surface area contributed by atoms with Crippen LogP contribution in [0.1, 0.15) is 26.2 Å². The number of pyridine rings is 1. The van der Waals surface area contributed by atoms with Crippen LogP contribution in [0.15, 0.2) is 23.2 Å². The van der Waals surface area contributed by atoms with Crippen molar-refractivity contribution in [1.82, 2.24) is 9.71 Å². The van der Waals surface area contributed by atoms with Crippen molar-refractivity contribution in [2.75, 3.05) is 25.5 Å². The predicted molar refractivity (Wildman–Crippen MR) is 74.2 cm³/mol. The number of nitrogens with zero attached hydrogens (tertiary/aromatic N) is 1. The number of nitrogen functional groups attached to an aromatic ring is 1. The number of rotatable bonds is 9. The van der Waals surface area contributed by atoms with Gasteiger partial charge in [0.05, 0.1) is 0 Å². The summed E-state index contributed by atoms with van der Waals surface area (Å²) < 4.78 is 31.7. The van der Waals surface area contributed by atoms with E-state index in [9.17, 15) is 8.42 Å². The smallest absolute Gasteiger partial charge is 0.244 e. The highest BCUT2D eigenvalue weighted by atomic mass is 32.2. The molecule has 0 fully saturated rings. The Morgan fingerprint density at radius 3 is 2.79 bits per heavy atom. The normalized spacial score (nSPS) is 11.6. The number of hydrogen-bond acceptors (Lipinski definition) is 5. The van der Waals surface area contributed by atoms with Gasteiger partial charge in [-0.2, -0.15) is 0 Å². The summed E-state index contributed by atoms with van der Waals surface area (Å²) in [4.78, 5) is 3.77. The maximum atomic E-state index is 11.9. The lowest BCUT2D eigenvalue weighted by molar-refractivity contribution is 0.130. The summed E-state index contributed by atoms with van der Waals surface area (Å²) in [5, 5.41) is 0. The van der Waals surface area contributed by atoms with E-state index in [0.29, 0.717) is 19.6 Å². The largest absolute Gasteiger partial charge is 0.383 e. The van der Waals surface area contributed by atoms with Crippen LogP contribution in [-0.4, -0.2) is 33.2 Å². The van der Waals surface area contributed by atoms with Gasteiger partial charge in [-0.3, -0.25) is 0 Å². The first kappa shape index (κ1) is 15.9. The molecule has 0 aliphatic carbocycles. The molecule has 0 aliphatic heterocycles. The Bertz CT molecular complexity index is 477. The van der Waals surface area contributed by atoms with E-state index >= 15 is 0 Å². The average Bonchev–Trinajstić information content (AvgIpc) is 2.38. The zero-order chi connectivity index (χ0) is 14.1. The number of nitrogens with two attached hydrogens (primary N) is 1. The van der Waals surface area contributed by atoms with Crippen molar-refractivity contribution in [3.63, 3.8) is 0 Å². The standard InChI is InChI=1S/C12H21N3O3S/c1-2-3-9-18-10-5-8-15-19(16,17)11-6-4-7-14-12(11)13/h4,6-7,15H,2-3,5,8-10H2,1H3,(H2,13,14).